The van der Waals surface area contributed by atoms with Crippen molar-refractivity contribution in [2.45, 2.75) is 6.92 Å². The van der Waals surface area contributed by atoms with Crippen molar-refractivity contribution in [3.63, 3.8) is 0 Å². The molecule has 5 rings (SSSR count). The molecule has 0 radical (unpaired) electrons. The molecule has 0 fully saturated rings. The van der Waals surface area contributed by atoms with Gasteiger partial charge in [-0.25, -0.2) is 4.98 Å². The molecule has 0 aliphatic heterocycles. The average molecular weight is 472 g/mol. The lowest BCUT2D eigenvalue weighted by Gasteiger charge is -2.11. The van der Waals surface area contributed by atoms with E-state index in [0.29, 0.717) is 39.0 Å². The Balaban J connectivity index is 1.65. The quantitative estimate of drug-likeness (QED) is 0.294. The number of fused-ring (bicyclic) bond motifs is 2. The Hall–Kier alpha value is -4.03. The van der Waals surface area contributed by atoms with Crippen LogP contribution in [0.1, 0.15) is 5.56 Å². The van der Waals surface area contributed by atoms with Crippen LogP contribution in [0, 0.1) is 6.92 Å². The molecule has 3 aromatic carbocycles. The average Bonchev–Trinajstić information content (AvgIpc) is 2.87. The number of rotatable bonds is 5. The molecule has 7 heteroatoms. The first-order chi connectivity index (χ1) is 16.6. The van der Waals surface area contributed by atoms with Gasteiger partial charge in [-0.05, 0) is 61.0 Å². The van der Waals surface area contributed by atoms with E-state index in [9.17, 15) is 0 Å². The van der Waals surface area contributed by atoms with Crippen LogP contribution >= 0.6 is 11.6 Å². The number of anilines is 1. The number of para-hydroxylation sites is 1. The third kappa shape index (κ3) is 4.16. The first-order valence-corrected chi connectivity index (χ1v) is 11.1. The van der Waals surface area contributed by atoms with Gasteiger partial charge >= 0.3 is 0 Å². The molecule has 6 nitrogen and oxygen atoms in total. The molecule has 34 heavy (non-hydrogen) atoms. The Morgan fingerprint density at radius 3 is 2.56 bits per heavy atom. The van der Waals surface area contributed by atoms with Crippen molar-refractivity contribution in [2.24, 2.45) is 5.10 Å². The Morgan fingerprint density at radius 2 is 1.74 bits per heavy atom. The predicted octanol–water partition coefficient (Wildman–Crippen LogP) is 6.55. The topological polar surface area (TPSA) is 68.9 Å². The Labute approximate surface area is 201 Å². The predicted molar refractivity (Wildman–Crippen MR) is 135 cm³/mol. The molecule has 2 heterocycles. The van der Waals surface area contributed by atoms with Crippen LogP contribution in [0.5, 0.6) is 11.5 Å². The van der Waals surface area contributed by atoms with E-state index in [2.05, 4.69) is 15.5 Å². The normalized spacial score (nSPS) is 11.7. The van der Waals surface area contributed by atoms with Gasteiger partial charge in [0, 0.05) is 27.4 Å². The summed E-state index contributed by atoms with van der Waals surface area (Å²) in [5.41, 5.74) is 6.38. The molecule has 0 bridgehead atoms. The van der Waals surface area contributed by atoms with Crippen LogP contribution in [-0.4, -0.2) is 19.2 Å². The van der Waals surface area contributed by atoms with E-state index < -0.39 is 0 Å². The number of aromatic nitrogens is 1. The molecule has 0 atom stereocenters. The van der Waals surface area contributed by atoms with Gasteiger partial charge in [0.2, 0.25) is 0 Å². The number of halogens is 1. The Kier molecular flexibility index (Phi) is 5.82. The van der Waals surface area contributed by atoms with E-state index in [4.69, 9.17) is 25.5 Å². The molecule has 0 spiro atoms. The Bertz CT molecular complexity index is 1590. The van der Waals surface area contributed by atoms with Crippen molar-refractivity contribution < 1.29 is 13.9 Å². The van der Waals surface area contributed by atoms with Crippen LogP contribution < -0.4 is 20.3 Å². The van der Waals surface area contributed by atoms with Crippen molar-refractivity contribution in [1.29, 1.82) is 0 Å². The molecule has 2 aromatic heterocycles. The first-order valence-electron chi connectivity index (χ1n) is 10.7. The fourth-order valence-corrected chi connectivity index (χ4v) is 3.92. The highest BCUT2D eigenvalue weighted by atomic mass is 35.5. The van der Waals surface area contributed by atoms with E-state index in [0.717, 1.165) is 27.4 Å². The van der Waals surface area contributed by atoms with Crippen LogP contribution in [0.2, 0.25) is 5.02 Å². The zero-order valence-electron chi connectivity index (χ0n) is 18.9. The summed E-state index contributed by atoms with van der Waals surface area (Å²) in [5, 5.41) is 7.82. The Morgan fingerprint density at radius 1 is 0.912 bits per heavy atom. The summed E-state index contributed by atoms with van der Waals surface area (Å²) in [5.74, 6) is 2.52. The molecule has 170 valence electrons. The van der Waals surface area contributed by atoms with E-state index in [1.54, 1.807) is 14.2 Å². The minimum absolute atomic E-state index is 0.611. The maximum absolute atomic E-state index is 6.43. The second-order valence-corrected chi connectivity index (χ2v) is 8.18. The monoisotopic (exact) mass is 471 g/mol. The standard InChI is InChI=1S/C27H22ClN3O3/c1-16-12-25-19(14-20(16)28)22(30-31-27-11-9-17-6-4-5-7-21(17)29-27)15-24(34-25)18-8-10-23(32-2)26(13-18)33-3/h4-15H,1-3H3,(H,29,31). The molecule has 0 saturated heterocycles. The summed E-state index contributed by atoms with van der Waals surface area (Å²) in [6.07, 6.45) is 0. The lowest BCUT2D eigenvalue weighted by molar-refractivity contribution is 0.355. The first kappa shape index (κ1) is 21.8. The second kappa shape index (κ2) is 9.08. The lowest BCUT2D eigenvalue weighted by Crippen LogP contribution is -2.08. The summed E-state index contributed by atoms with van der Waals surface area (Å²) in [6.45, 7) is 1.94. The van der Waals surface area contributed by atoms with Gasteiger partial charge in [0.1, 0.15) is 17.2 Å². The molecule has 0 aliphatic carbocycles. The zero-order chi connectivity index (χ0) is 23.7. The summed E-state index contributed by atoms with van der Waals surface area (Å²) < 4.78 is 17.1. The van der Waals surface area contributed by atoms with Gasteiger partial charge < -0.3 is 13.9 Å². The van der Waals surface area contributed by atoms with Crippen LogP contribution in [-0.2, 0) is 0 Å². The minimum atomic E-state index is 0.611. The second-order valence-electron chi connectivity index (χ2n) is 7.78. The van der Waals surface area contributed by atoms with Crippen LogP contribution in [0.15, 0.2) is 82.3 Å². The number of aryl methyl sites for hydroxylation is 1. The van der Waals surface area contributed by atoms with Crippen LogP contribution in [0.25, 0.3) is 33.2 Å². The molecular formula is C27H22ClN3O3. The van der Waals surface area contributed by atoms with Gasteiger partial charge in [0.25, 0.3) is 0 Å². The highest BCUT2D eigenvalue weighted by Gasteiger charge is 2.12. The number of nitrogens with one attached hydrogen (secondary N) is 1. The number of methoxy groups -OCH3 is 2. The van der Waals surface area contributed by atoms with Crippen LogP contribution in [0.3, 0.4) is 0 Å². The molecule has 0 unspecified atom stereocenters. The number of nitrogens with zero attached hydrogens (tertiary/aromatic N) is 2. The number of ether oxygens (including phenoxy) is 2. The fourth-order valence-electron chi connectivity index (χ4n) is 3.76. The number of hydrogen-bond donors (Lipinski definition) is 1. The van der Waals surface area contributed by atoms with E-state index in [-0.39, 0.29) is 0 Å². The summed E-state index contributed by atoms with van der Waals surface area (Å²) >= 11 is 6.43. The van der Waals surface area contributed by atoms with Gasteiger partial charge in [0.05, 0.1) is 25.1 Å². The van der Waals surface area contributed by atoms with E-state index in [1.807, 2.05) is 79.7 Å². The summed E-state index contributed by atoms with van der Waals surface area (Å²) in [4.78, 5) is 4.64. The molecule has 5 aromatic rings. The van der Waals surface area contributed by atoms with Gasteiger partial charge in [-0.1, -0.05) is 29.8 Å². The highest BCUT2D eigenvalue weighted by molar-refractivity contribution is 6.32. The third-order valence-electron chi connectivity index (χ3n) is 5.58. The number of benzene rings is 3. The van der Waals surface area contributed by atoms with Gasteiger partial charge in [-0.15, -0.1) is 0 Å². The van der Waals surface area contributed by atoms with E-state index in [1.165, 1.54) is 0 Å². The van der Waals surface area contributed by atoms with Crippen molar-refractivity contribution in [2.75, 3.05) is 19.6 Å². The number of pyridine rings is 1. The number of hydrogen-bond acceptors (Lipinski definition) is 6. The lowest BCUT2D eigenvalue weighted by atomic mass is 10.1. The smallest absolute Gasteiger partial charge is 0.161 e. The third-order valence-corrected chi connectivity index (χ3v) is 5.99. The maximum Gasteiger partial charge on any atom is 0.161 e. The molecule has 0 saturated carbocycles. The van der Waals surface area contributed by atoms with Crippen molar-refractivity contribution in [3.8, 4) is 22.8 Å². The van der Waals surface area contributed by atoms with Gasteiger partial charge in [-0.2, -0.15) is 5.10 Å². The van der Waals surface area contributed by atoms with Crippen LogP contribution in [0.4, 0.5) is 5.82 Å². The molecule has 1 N–H and O–H groups in total. The van der Waals surface area contributed by atoms with Gasteiger partial charge in [-0.3, -0.25) is 5.43 Å². The molecular weight excluding hydrogens is 450 g/mol. The molecule has 0 amide bonds. The minimum Gasteiger partial charge on any atom is -0.493 e. The molecule has 0 aliphatic rings. The van der Waals surface area contributed by atoms with Crippen molar-refractivity contribution in [1.82, 2.24) is 4.98 Å². The summed E-state index contributed by atoms with van der Waals surface area (Å²) in [6, 6.07) is 23.1. The van der Waals surface area contributed by atoms with Gasteiger partial charge in [0.15, 0.2) is 11.5 Å². The maximum atomic E-state index is 6.43. The van der Waals surface area contributed by atoms with Crippen molar-refractivity contribution in [3.05, 3.63) is 88.7 Å². The zero-order valence-corrected chi connectivity index (χ0v) is 19.7. The SMILES string of the molecule is COc1ccc(-c2cc(=NNc3ccc4ccccc4n3)c3cc(Cl)c(C)cc3o2)cc1OC. The van der Waals surface area contributed by atoms with E-state index >= 15 is 0 Å². The van der Waals surface area contributed by atoms with Crippen molar-refractivity contribution >= 4 is 39.3 Å². The fraction of sp³-hybridized carbons (Fsp3) is 0.111. The highest BCUT2D eigenvalue weighted by Crippen LogP contribution is 2.33. The largest absolute Gasteiger partial charge is 0.493 e. The summed E-state index contributed by atoms with van der Waals surface area (Å²) in [7, 11) is 3.21.